The van der Waals surface area contributed by atoms with Crippen LogP contribution in [0.2, 0.25) is 0 Å². The van der Waals surface area contributed by atoms with Crippen LogP contribution in [-0.2, 0) is 32.1 Å². The molecule has 0 aromatic carbocycles. The largest absolute Gasteiger partial charge is 0.466 e. The maximum absolute atomic E-state index is 11.4. The first-order valence-electron chi connectivity index (χ1n) is 8.24. The minimum Gasteiger partial charge on any atom is -0.466 e. The second kappa shape index (κ2) is 12.2. The first-order chi connectivity index (χ1) is 12.0. The van der Waals surface area contributed by atoms with Gasteiger partial charge in [0.2, 0.25) is 11.0 Å². The number of carbonyl (C=O) groups excluding carboxylic acids is 3. The lowest BCUT2D eigenvalue weighted by Crippen LogP contribution is -2.22. The van der Waals surface area contributed by atoms with Crippen molar-refractivity contribution < 1.29 is 19.1 Å². The van der Waals surface area contributed by atoms with Crippen LogP contribution in [0.25, 0.3) is 0 Å². The van der Waals surface area contributed by atoms with Gasteiger partial charge in [-0.25, -0.2) is 0 Å². The van der Waals surface area contributed by atoms with E-state index in [9.17, 15) is 14.4 Å². The van der Waals surface area contributed by atoms with Crippen molar-refractivity contribution in [1.82, 2.24) is 20.3 Å². The molecule has 138 valence electrons. The third-order valence-electron chi connectivity index (χ3n) is 3.13. The Kier molecular flexibility index (Phi) is 10.2. The van der Waals surface area contributed by atoms with Gasteiger partial charge in [-0.15, -0.1) is 17.7 Å². The van der Waals surface area contributed by atoms with Gasteiger partial charge < -0.3 is 10.1 Å². The molecule has 25 heavy (non-hydrogen) atoms. The summed E-state index contributed by atoms with van der Waals surface area (Å²) in [6.45, 7) is 3.35. The van der Waals surface area contributed by atoms with Crippen LogP contribution in [0, 0.1) is 0 Å². The number of carbonyl (C=O) groups is 3. The van der Waals surface area contributed by atoms with Gasteiger partial charge in [0.25, 0.3) is 0 Å². The fraction of sp³-hybridized carbons (Fsp3) is 0.562. The van der Waals surface area contributed by atoms with Gasteiger partial charge in [0, 0.05) is 18.8 Å². The maximum atomic E-state index is 11.4. The summed E-state index contributed by atoms with van der Waals surface area (Å²) in [5.74, 6) is -0.549. The SMILES string of the molecule is CCCOC(=O)CCn1cc(CCCCNC(=O)/C=C/C(=O)S)nn1. The molecule has 1 rings (SSSR count). The van der Waals surface area contributed by atoms with Crippen molar-refractivity contribution >= 4 is 29.6 Å². The molecule has 0 radical (unpaired) electrons. The third kappa shape index (κ3) is 10.3. The molecule has 0 aliphatic heterocycles. The molecule has 0 aliphatic carbocycles. The second-order valence-electron chi connectivity index (χ2n) is 5.36. The van der Waals surface area contributed by atoms with E-state index in [0.717, 1.165) is 43.5 Å². The zero-order valence-electron chi connectivity index (χ0n) is 14.3. The second-order valence-corrected chi connectivity index (χ2v) is 5.80. The number of hydrogen-bond donors (Lipinski definition) is 2. The molecule has 0 saturated carbocycles. The Morgan fingerprint density at radius 1 is 1.32 bits per heavy atom. The molecule has 0 fully saturated rings. The number of amides is 1. The topological polar surface area (TPSA) is 103 Å². The molecule has 0 atom stereocenters. The summed E-state index contributed by atoms with van der Waals surface area (Å²) in [7, 11) is 0. The summed E-state index contributed by atoms with van der Waals surface area (Å²) < 4.78 is 6.63. The fourth-order valence-corrected chi connectivity index (χ4v) is 1.98. The molecule has 9 heteroatoms. The van der Waals surface area contributed by atoms with Crippen LogP contribution >= 0.6 is 12.6 Å². The lowest BCUT2D eigenvalue weighted by Gasteiger charge is -2.02. The van der Waals surface area contributed by atoms with Gasteiger partial charge in [-0.3, -0.25) is 19.1 Å². The molecule has 1 heterocycles. The van der Waals surface area contributed by atoms with Gasteiger partial charge in [-0.05, 0) is 31.8 Å². The van der Waals surface area contributed by atoms with Crippen LogP contribution in [0.4, 0.5) is 0 Å². The Morgan fingerprint density at radius 2 is 2.12 bits per heavy atom. The van der Waals surface area contributed by atoms with Gasteiger partial charge in [-0.1, -0.05) is 12.1 Å². The molecular formula is C16H24N4O4S. The summed E-state index contributed by atoms with van der Waals surface area (Å²) in [5.41, 5.74) is 0.841. The van der Waals surface area contributed by atoms with E-state index in [2.05, 4.69) is 28.3 Å². The van der Waals surface area contributed by atoms with E-state index >= 15 is 0 Å². The molecule has 0 bridgehead atoms. The van der Waals surface area contributed by atoms with Gasteiger partial charge in [0.1, 0.15) is 0 Å². The first kappa shape index (κ1) is 20.9. The van der Waals surface area contributed by atoms with Crippen molar-refractivity contribution in [2.45, 2.75) is 45.6 Å². The smallest absolute Gasteiger partial charge is 0.307 e. The number of nitrogens with zero attached hydrogens (tertiary/aromatic N) is 3. The normalized spacial score (nSPS) is 10.8. The van der Waals surface area contributed by atoms with Crippen molar-refractivity contribution in [3.8, 4) is 0 Å². The van der Waals surface area contributed by atoms with Gasteiger partial charge in [0.15, 0.2) is 0 Å². The summed E-state index contributed by atoms with van der Waals surface area (Å²) in [6, 6.07) is 0. The Labute approximate surface area is 152 Å². The highest BCUT2D eigenvalue weighted by atomic mass is 32.1. The van der Waals surface area contributed by atoms with Crippen molar-refractivity contribution in [3.05, 3.63) is 24.0 Å². The lowest BCUT2D eigenvalue weighted by molar-refractivity contribution is -0.144. The summed E-state index contributed by atoms with van der Waals surface area (Å²) >= 11 is 3.53. The standard InChI is InChI=1S/C16H24N4O4S/c1-2-11-24-15(22)8-10-20-12-13(18-19-20)5-3-4-9-17-14(21)6-7-16(23)25/h6-7,12H,2-5,8-11H2,1H3,(H,17,21)(H,23,25)/b7-6+. The number of aryl methyl sites for hydroxylation is 2. The number of hydrogen-bond acceptors (Lipinski definition) is 6. The van der Waals surface area contributed by atoms with Crippen molar-refractivity contribution in [2.24, 2.45) is 0 Å². The Morgan fingerprint density at radius 3 is 2.84 bits per heavy atom. The quantitative estimate of drug-likeness (QED) is 0.248. The molecular weight excluding hydrogens is 344 g/mol. The number of aromatic nitrogens is 3. The Bertz CT molecular complexity index is 601. The minimum absolute atomic E-state index is 0.233. The molecule has 0 saturated heterocycles. The molecule has 1 N–H and O–H groups in total. The number of rotatable bonds is 12. The van der Waals surface area contributed by atoms with Crippen molar-refractivity contribution in [1.29, 1.82) is 0 Å². The van der Waals surface area contributed by atoms with E-state index in [1.54, 1.807) is 4.68 Å². The molecule has 0 unspecified atom stereocenters. The average Bonchev–Trinajstić information content (AvgIpc) is 3.03. The highest BCUT2D eigenvalue weighted by molar-refractivity contribution is 7.97. The Hall–Kier alpha value is -2.16. The van der Waals surface area contributed by atoms with Crippen LogP contribution in [0.15, 0.2) is 18.3 Å². The van der Waals surface area contributed by atoms with Gasteiger partial charge in [0.05, 0.1) is 25.3 Å². The number of ether oxygens (including phenoxy) is 1. The molecule has 1 aromatic rings. The van der Waals surface area contributed by atoms with Crippen LogP contribution in [0.1, 0.15) is 38.3 Å². The predicted octanol–water partition coefficient (Wildman–Crippen LogP) is 1.07. The number of nitrogens with one attached hydrogen (secondary N) is 1. The van der Waals surface area contributed by atoms with Gasteiger partial charge >= 0.3 is 5.97 Å². The fourth-order valence-electron chi connectivity index (χ4n) is 1.90. The predicted molar refractivity (Wildman–Crippen MR) is 95.0 cm³/mol. The average molecular weight is 368 g/mol. The summed E-state index contributed by atoms with van der Waals surface area (Å²) in [4.78, 5) is 33.3. The maximum Gasteiger partial charge on any atom is 0.307 e. The minimum atomic E-state index is -0.461. The van der Waals surface area contributed by atoms with Crippen LogP contribution in [0.5, 0.6) is 0 Å². The van der Waals surface area contributed by atoms with E-state index in [1.165, 1.54) is 0 Å². The van der Waals surface area contributed by atoms with E-state index < -0.39 is 5.12 Å². The molecule has 0 aliphatic rings. The van der Waals surface area contributed by atoms with E-state index in [4.69, 9.17) is 4.74 Å². The molecule has 1 amide bonds. The van der Waals surface area contributed by atoms with Crippen molar-refractivity contribution in [2.75, 3.05) is 13.2 Å². The van der Waals surface area contributed by atoms with Crippen LogP contribution in [0.3, 0.4) is 0 Å². The van der Waals surface area contributed by atoms with Crippen LogP contribution < -0.4 is 5.32 Å². The monoisotopic (exact) mass is 368 g/mol. The summed E-state index contributed by atoms with van der Waals surface area (Å²) in [6.07, 6.45) is 7.52. The van der Waals surface area contributed by atoms with Crippen molar-refractivity contribution in [3.63, 3.8) is 0 Å². The molecule has 0 spiro atoms. The Balaban J connectivity index is 2.16. The third-order valence-corrected chi connectivity index (χ3v) is 3.28. The van der Waals surface area contributed by atoms with Crippen LogP contribution in [-0.4, -0.2) is 45.1 Å². The zero-order valence-corrected chi connectivity index (χ0v) is 15.2. The highest BCUT2D eigenvalue weighted by Crippen LogP contribution is 2.02. The number of unbranched alkanes of at least 4 members (excludes halogenated alkanes) is 1. The molecule has 1 aromatic heterocycles. The van der Waals surface area contributed by atoms with E-state index in [-0.39, 0.29) is 18.3 Å². The summed E-state index contributed by atoms with van der Waals surface area (Å²) in [5, 5.41) is 10.2. The zero-order chi connectivity index (χ0) is 18.5. The number of thiol groups is 1. The lowest BCUT2D eigenvalue weighted by atomic mass is 10.2. The van der Waals surface area contributed by atoms with E-state index in [0.29, 0.717) is 19.7 Å². The van der Waals surface area contributed by atoms with E-state index in [1.807, 2.05) is 13.1 Å². The number of esters is 1. The first-order valence-corrected chi connectivity index (χ1v) is 8.69. The molecule has 8 nitrogen and oxygen atoms in total. The highest BCUT2D eigenvalue weighted by Gasteiger charge is 2.05. The van der Waals surface area contributed by atoms with Gasteiger partial charge in [-0.2, -0.15) is 0 Å².